The van der Waals surface area contributed by atoms with Gasteiger partial charge in [-0.25, -0.2) is 0 Å². The van der Waals surface area contributed by atoms with E-state index in [-0.39, 0.29) is 0 Å². The largest absolute Gasteiger partial charge is 0.490 e. The Morgan fingerprint density at radius 3 is 2.29 bits per heavy atom. The number of hydrogen-bond donors (Lipinski definition) is 1. The van der Waals surface area contributed by atoms with E-state index in [0.717, 1.165) is 38.2 Å². The predicted molar refractivity (Wildman–Crippen MR) is 102 cm³/mol. The topological polar surface area (TPSA) is 43.4 Å². The molecular formula is C19H19BrN2O2. The van der Waals surface area contributed by atoms with Crippen LogP contribution in [-0.2, 0) is 0 Å². The molecule has 0 aliphatic rings. The summed E-state index contributed by atoms with van der Waals surface area (Å²) in [6, 6.07) is 13.9. The standard InChI is InChI=1S/C19H19BrN2O2/c1-3-23-18-11-15-16(22-14-7-5-13(20)6-8-14)9-10-21-17(15)12-19(18)24-4-2/h5-12H,3-4H2,1-2H3,(H,21,22). The lowest BCUT2D eigenvalue weighted by atomic mass is 10.1. The average Bonchev–Trinajstić information content (AvgIpc) is 2.58. The van der Waals surface area contributed by atoms with E-state index in [1.807, 2.05) is 56.3 Å². The Morgan fingerprint density at radius 1 is 0.958 bits per heavy atom. The number of hydrogen-bond acceptors (Lipinski definition) is 4. The third-order valence-electron chi connectivity index (χ3n) is 3.53. The molecule has 0 spiro atoms. The van der Waals surface area contributed by atoms with Gasteiger partial charge >= 0.3 is 0 Å². The molecule has 0 aliphatic carbocycles. The van der Waals surface area contributed by atoms with Gasteiger partial charge < -0.3 is 14.8 Å². The van der Waals surface area contributed by atoms with Crippen LogP contribution in [-0.4, -0.2) is 18.2 Å². The van der Waals surface area contributed by atoms with Gasteiger partial charge in [0.1, 0.15) is 0 Å². The van der Waals surface area contributed by atoms with Crippen LogP contribution in [0.5, 0.6) is 11.5 Å². The molecule has 4 nitrogen and oxygen atoms in total. The van der Waals surface area contributed by atoms with Crippen LogP contribution in [0, 0.1) is 0 Å². The molecule has 1 heterocycles. The molecule has 1 aromatic heterocycles. The maximum atomic E-state index is 5.73. The number of fused-ring (bicyclic) bond motifs is 1. The van der Waals surface area contributed by atoms with E-state index in [4.69, 9.17) is 9.47 Å². The summed E-state index contributed by atoms with van der Waals surface area (Å²) in [6.07, 6.45) is 1.79. The summed E-state index contributed by atoms with van der Waals surface area (Å²) in [4.78, 5) is 4.46. The van der Waals surface area contributed by atoms with Gasteiger partial charge in [-0.05, 0) is 50.2 Å². The average molecular weight is 387 g/mol. The lowest BCUT2D eigenvalue weighted by Crippen LogP contribution is -2.00. The summed E-state index contributed by atoms with van der Waals surface area (Å²) in [7, 11) is 0. The van der Waals surface area contributed by atoms with Crippen molar-refractivity contribution in [2.24, 2.45) is 0 Å². The van der Waals surface area contributed by atoms with Gasteiger partial charge in [-0.3, -0.25) is 4.98 Å². The molecule has 0 amide bonds. The van der Waals surface area contributed by atoms with Crippen LogP contribution < -0.4 is 14.8 Å². The van der Waals surface area contributed by atoms with Crippen molar-refractivity contribution in [1.29, 1.82) is 0 Å². The Labute approximate surface area is 149 Å². The van der Waals surface area contributed by atoms with E-state index in [1.54, 1.807) is 6.20 Å². The highest BCUT2D eigenvalue weighted by Gasteiger charge is 2.11. The Balaban J connectivity index is 2.04. The first kappa shape index (κ1) is 16.6. The molecule has 5 heteroatoms. The lowest BCUT2D eigenvalue weighted by Gasteiger charge is -2.14. The van der Waals surface area contributed by atoms with Gasteiger partial charge in [-0.2, -0.15) is 0 Å². The number of halogens is 1. The minimum atomic E-state index is 0.585. The van der Waals surface area contributed by atoms with Crippen molar-refractivity contribution in [3.05, 3.63) is 53.1 Å². The second-order valence-electron chi connectivity index (χ2n) is 5.17. The normalized spacial score (nSPS) is 10.6. The maximum absolute atomic E-state index is 5.73. The number of rotatable bonds is 6. The zero-order chi connectivity index (χ0) is 16.9. The number of aromatic nitrogens is 1. The monoisotopic (exact) mass is 386 g/mol. The van der Waals surface area contributed by atoms with Crippen molar-refractivity contribution in [1.82, 2.24) is 4.98 Å². The van der Waals surface area contributed by atoms with Crippen molar-refractivity contribution in [3.8, 4) is 11.5 Å². The van der Waals surface area contributed by atoms with Crippen LogP contribution >= 0.6 is 15.9 Å². The van der Waals surface area contributed by atoms with Gasteiger partial charge in [-0.15, -0.1) is 0 Å². The fourth-order valence-electron chi connectivity index (χ4n) is 2.49. The molecule has 1 N–H and O–H groups in total. The van der Waals surface area contributed by atoms with Gasteiger partial charge in [0.25, 0.3) is 0 Å². The Kier molecular flexibility index (Phi) is 5.20. The maximum Gasteiger partial charge on any atom is 0.163 e. The third-order valence-corrected chi connectivity index (χ3v) is 4.06. The molecule has 0 radical (unpaired) electrons. The van der Waals surface area contributed by atoms with Crippen LogP contribution in [0.4, 0.5) is 11.4 Å². The molecule has 0 fully saturated rings. The molecule has 0 saturated carbocycles. The zero-order valence-corrected chi connectivity index (χ0v) is 15.3. The number of ether oxygens (including phenoxy) is 2. The van der Waals surface area contributed by atoms with E-state index in [0.29, 0.717) is 13.2 Å². The van der Waals surface area contributed by atoms with E-state index in [2.05, 4.69) is 26.2 Å². The first-order chi connectivity index (χ1) is 11.7. The zero-order valence-electron chi connectivity index (χ0n) is 13.7. The van der Waals surface area contributed by atoms with Gasteiger partial charge in [0, 0.05) is 33.5 Å². The predicted octanol–water partition coefficient (Wildman–Crippen LogP) is 5.54. The minimum absolute atomic E-state index is 0.585. The lowest BCUT2D eigenvalue weighted by molar-refractivity contribution is 0.288. The minimum Gasteiger partial charge on any atom is -0.490 e. The van der Waals surface area contributed by atoms with Gasteiger partial charge in [0.05, 0.1) is 18.7 Å². The van der Waals surface area contributed by atoms with Crippen LogP contribution in [0.25, 0.3) is 10.9 Å². The fourth-order valence-corrected chi connectivity index (χ4v) is 2.75. The molecule has 3 rings (SSSR count). The Bertz CT molecular complexity index is 835. The highest BCUT2D eigenvalue weighted by molar-refractivity contribution is 9.10. The number of nitrogens with one attached hydrogen (secondary N) is 1. The summed E-state index contributed by atoms with van der Waals surface area (Å²) in [6.45, 7) is 5.09. The summed E-state index contributed by atoms with van der Waals surface area (Å²) in [5.74, 6) is 1.46. The second-order valence-corrected chi connectivity index (χ2v) is 6.09. The third kappa shape index (κ3) is 3.62. The van der Waals surface area contributed by atoms with Crippen LogP contribution in [0.1, 0.15) is 13.8 Å². The molecule has 0 bridgehead atoms. The van der Waals surface area contributed by atoms with Gasteiger partial charge in [0.15, 0.2) is 11.5 Å². The van der Waals surface area contributed by atoms with Gasteiger partial charge in [0.2, 0.25) is 0 Å². The molecule has 0 unspecified atom stereocenters. The Hall–Kier alpha value is -2.27. The molecular weight excluding hydrogens is 368 g/mol. The van der Waals surface area contributed by atoms with Crippen molar-refractivity contribution in [2.75, 3.05) is 18.5 Å². The SMILES string of the molecule is CCOc1cc2nccc(Nc3ccc(Br)cc3)c2cc1OCC. The molecule has 0 aliphatic heterocycles. The van der Waals surface area contributed by atoms with Crippen LogP contribution in [0.2, 0.25) is 0 Å². The smallest absolute Gasteiger partial charge is 0.163 e. The van der Waals surface area contributed by atoms with Crippen molar-refractivity contribution in [2.45, 2.75) is 13.8 Å². The number of nitrogens with zero attached hydrogens (tertiary/aromatic N) is 1. The molecule has 0 saturated heterocycles. The number of benzene rings is 2. The van der Waals surface area contributed by atoms with E-state index in [9.17, 15) is 0 Å². The van der Waals surface area contributed by atoms with Crippen molar-refractivity contribution < 1.29 is 9.47 Å². The van der Waals surface area contributed by atoms with Crippen LogP contribution in [0.3, 0.4) is 0 Å². The molecule has 124 valence electrons. The first-order valence-corrected chi connectivity index (χ1v) is 8.71. The highest BCUT2D eigenvalue weighted by atomic mass is 79.9. The van der Waals surface area contributed by atoms with Crippen molar-refractivity contribution >= 4 is 38.2 Å². The summed E-state index contributed by atoms with van der Waals surface area (Å²) >= 11 is 3.45. The summed E-state index contributed by atoms with van der Waals surface area (Å²) in [5, 5.41) is 4.43. The Morgan fingerprint density at radius 2 is 1.62 bits per heavy atom. The number of pyridine rings is 1. The van der Waals surface area contributed by atoms with Crippen molar-refractivity contribution in [3.63, 3.8) is 0 Å². The van der Waals surface area contributed by atoms with Gasteiger partial charge in [-0.1, -0.05) is 15.9 Å². The second kappa shape index (κ2) is 7.53. The first-order valence-electron chi connectivity index (χ1n) is 7.92. The molecule has 24 heavy (non-hydrogen) atoms. The fraction of sp³-hybridized carbons (Fsp3) is 0.211. The van der Waals surface area contributed by atoms with E-state index in [1.165, 1.54) is 0 Å². The van der Waals surface area contributed by atoms with Crippen LogP contribution in [0.15, 0.2) is 53.1 Å². The summed E-state index contributed by atoms with van der Waals surface area (Å²) < 4.78 is 12.5. The molecule has 0 atom stereocenters. The summed E-state index contributed by atoms with van der Waals surface area (Å²) in [5.41, 5.74) is 2.85. The molecule has 2 aromatic carbocycles. The highest BCUT2D eigenvalue weighted by Crippen LogP contribution is 2.35. The van der Waals surface area contributed by atoms with E-state index < -0.39 is 0 Å². The molecule has 3 aromatic rings. The van der Waals surface area contributed by atoms with E-state index >= 15 is 0 Å². The number of anilines is 2. The quantitative estimate of drug-likeness (QED) is 0.603.